The standard InChI is InChI=1S/C29H50O22/c1-6-11(31)16(36)19(39)26(45-6)50-23-15(35)10(5-43-28(23)49-22-13(33)8(3)44-25(42)21(22)41)48-29-24(18(38)14(34)9(4-30)47-29)51-27-20(40)17(37)12(32)7(2)46-27/h6-42H,4-5H2,1-3H3/t6-,7-,8-,9-,10-,11-,12+,13-,14+,15+,16+,17+,18+,19-,20-,21-,22+,23-,24-,25?,26+,27+,28+,29+/m1/s1. The Morgan fingerprint density at radius 2 is 0.922 bits per heavy atom. The maximum Gasteiger partial charge on any atom is 0.187 e. The molecule has 0 bridgehead atoms. The fourth-order valence-electron chi connectivity index (χ4n) is 6.51. The second kappa shape index (κ2) is 16.9. The number of aliphatic hydroxyl groups excluding tert-OH is 13. The van der Waals surface area contributed by atoms with E-state index in [1.165, 1.54) is 20.8 Å². The van der Waals surface area contributed by atoms with E-state index in [9.17, 15) is 66.4 Å². The molecule has 0 aliphatic carbocycles. The normalized spacial score (nSPS) is 55.8. The average Bonchev–Trinajstić information content (AvgIpc) is 3.10. The van der Waals surface area contributed by atoms with Crippen molar-refractivity contribution in [3.63, 3.8) is 0 Å². The van der Waals surface area contributed by atoms with Crippen LogP contribution < -0.4 is 0 Å². The first-order valence-corrected chi connectivity index (χ1v) is 16.6. The summed E-state index contributed by atoms with van der Waals surface area (Å²) in [5, 5.41) is 136. The largest absolute Gasteiger partial charge is 0.394 e. The number of hydrogen-bond acceptors (Lipinski definition) is 22. The molecule has 0 radical (unpaired) electrons. The lowest BCUT2D eigenvalue weighted by atomic mass is 9.97. The van der Waals surface area contributed by atoms with Gasteiger partial charge in [-0.25, -0.2) is 0 Å². The molecule has 5 saturated heterocycles. The summed E-state index contributed by atoms with van der Waals surface area (Å²) in [7, 11) is 0. The predicted octanol–water partition coefficient (Wildman–Crippen LogP) is -8.20. The van der Waals surface area contributed by atoms with Gasteiger partial charge in [0.15, 0.2) is 31.5 Å². The molecule has 0 saturated carbocycles. The van der Waals surface area contributed by atoms with Gasteiger partial charge in [0, 0.05) is 0 Å². The summed E-state index contributed by atoms with van der Waals surface area (Å²) >= 11 is 0. The second-order valence-electron chi connectivity index (χ2n) is 13.5. The van der Waals surface area contributed by atoms with E-state index in [0.717, 1.165) is 0 Å². The second-order valence-corrected chi connectivity index (χ2v) is 13.5. The van der Waals surface area contributed by atoms with Crippen molar-refractivity contribution in [3.05, 3.63) is 0 Å². The molecule has 298 valence electrons. The minimum absolute atomic E-state index is 0.593. The van der Waals surface area contributed by atoms with E-state index < -0.39 is 161 Å². The van der Waals surface area contributed by atoms with Crippen molar-refractivity contribution >= 4 is 0 Å². The van der Waals surface area contributed by atoms with Crippen molar-refractivity contribution in [3.8, 4) is 0 Å². The van der Waals surface area contributed by atoms with E-state index in [4.69, 9.17) is 42.6 Å². The summed E-state index contributed by atoms with van der Waals surface area (Å²) in [6.07, 6.45) is -39.3. The van der Waals surface area contributed by atoms with Gasteiger partial charge in [0.1, 0.15) is 97.7 Å². The summed E-state index contributed by atoms with van der Waals surface area (Å²) in [6, 6.07) is 0. The lowest BCUT2D eigenvalue weighted by molar-refractivity contribution is -0.397. The molecule has 1 unspecified atom stereocenters. The highest BCUT2D eigenvalue weighted by molar-refractivity contribution is 4.97. The highest BCUT2D eigenvalue weighted by atomic mass is 16.8. The molecule has 5 aliphatic heterocycles. The minimum Gasteiger partial charge on any atom is -0.394 e. The third-order valence-electron chi connectivity index (χ3n) is 9.83. The van der Waals surface area contributed by atoms with Crippen LogP contribution in [0.3, 0.4) is 0 Å². The maximum atomic E-state index is 11.6. The van der Waals surface area contributed by atoms with E-state index in [1.54, 1.807) is 0 Å². The van der Waals surface area contributed by atoms with Crippen molar-refractivity contribution in [2.45, 2.75) is 168 Å². The van der Waals surface area contributed by atoms with Gasteiger partial charge in [0.05, 0.1) is 31.5 Å². The highest BCUT2D eigenvalue weighted by Gasteiger charge is 2.55. The minimum atomic E-state index is -1.90. The maximum absolute atomic E-state index is 11.6. The first-order valence-electron chi connectivity index (χ1n) is 16.6. The van der Waals surface area contributed by atoms with E-state index in [1.807, 2.05) is 0 Å². The van der Waals surface area contributed by atoms with E-state index in [-0.39, 0.29) is 0 Å². The van der Waals surface area contributed by atoms with Crippen LogP contribution in [0.25, 0.3) is 0 Å². The third-order valence-corrected chi connectivity index (χ3v) is 9.83. The van der Waals surface area contributed by atoms with Gasteiger partial charge in [0.2, 0.25) is 0 Å². The molecule has 0 amide bonds. The average molecular weight is 751 g/mol. The molecule has 24 atom stereocenters. The Hall–Kier alpha value is -0.880. The van der Waals surface area contributed by atoms with Crippen molar-refractivity contribution in [2.24, 2.45) is 0 Å². The smallest absolute Gasteiger partial charge is 0.187 e. The van der Waals surface area contributed by atoms with E-state index in [0.29, 0.717) is 0 Å². The SMILES string of the molecule is C[C@H]1O[C@@H](O[C@H]2[C@H](O[C@@H]3CO[C@@H](O[C@H]4[C@H](O)[C@@H](C)OC(O)[C@@H]4O)[C@H](O[C@@H]4O[C@H](C)[C@@H](O)[C@H](O)[C@H]4O)[C@H]3O)O[C@H](CO)[C@H](O)[C@@H]2O)[C@H](O)[C@@H](O)[C@H]1O. The molecule has 5 fully saturated rings. The number of ether oxygens (including phenoxy) is 9. The lowest BCUT2D eigenvalue weighted by Gasteiger charge is -2.49. The molecule has 0 spiro atoms. The zero-order valence-corrected chi connectivity index (χ0v) is 27.8. The molecule has 13 N–H and O–H groups in total. The number of hydrogen-bond donors (Lipinski definition) is 13. The highest BCUT2D eigenvalue weighted by Crippen LogP contribution is 2.35. The molecule has 51 heavy (non-hydrogen) atoms. The molecular weight excluding hydrogens is 700 g/mol. The Morgan fingerprint density at radius 1 is 0.431 bits per heavy atom. The van der Waals surface area contributed by atoms with Gasteiger partial charge in [-0.05, 0) is 20.8 Å². The van der Waals surface area contributed by atoms with Gasteiger partial charge in [0.25, 0.3) is 0 Å². The Balaban J connectivity index is 1.39. The van der Waals surface area contributed by atoms with Crippen LogP contribution in [0, 0.1) is 0 Å². The van der Waals surface area contributed by atoms with Crippen LogP contribution >= 0.6 is 0 Å². The first kappa shape index (κ1) is 41.3. The fraction of sp³-hybridized carbons (Fsp3) is 1.00. The van der Waals surface area contributed by atoms with Crippen LogP contribution in [-0.2, 0) is 42.6 Å². The van der Waals surface area contributed by atoms with Gasteiger partial charge in [-0.15, -0.1) is 0 Å². The van der Waals surface area contributed by atoms with Gasteiger partial charge in [-0.3, -0.25) is 0 Å². The number of rotatable bonds is 9. The summed E-state index contributed by atoms with van der Waals surface area (Å²) in [5.74, 6) is 0. The zero-order valence-electron chi connectivity index (χ0n) is 27.8. The summed E-state index contributed by atoms with van der Waals surface area (Å²) < 4.78 is 50.7. The van der Waals surface area contributed by atoms with E-state index >= 15 is 0 Å². The molecule has 5 rings (SSSR count). The Bertz CT molecular complexity index is 1090. The molecule has 5 aliphatic rings. The molecule has 22 heteroatoms. The molecule has 0 aromatic carbocycles. The van der Waals surface area contributed by atoms with Crippen LogP contribution in [0.15, 0.2) is 0 Å². The number of aliphatic hydroxyl groups is 13. The van der Waals surface area contributed by atoms with Crippen LogP contribution in [0.4, 0.5) is 0 Å². The zero-order chi connectivity index (χ0) is 37.6. The monoisotopic (exact) mass is 750 g/mol. The van der Waals surface area contributed by atoms with Crippen LogP contribution in [-0.4, -0.2) is 227 Å². The Morgan fingerprint density at radius 3 is 1.45 bits per heavy atom. The Labute approximate surface area is 290 Å². The molecule has 0 aromatic heterocycles. The van der Waals surface area contributed by atoms with Gasteiger partial charge >= 0.3 is 0 Å². The molecule has 22 nitrogen and oxygen atoms in total. The van der Waals surface area contributed by atoms with E-state index in [2.05, 4.69) is 0 Å². The van der Waals surface area contributed by atoms with Crippen LogP contribution in [0.5, 0.6) is 0 Å². The third kappa shape index (κ3) is 8.37. The lowest BCUT2D eigenvalue weighted by Crippen LogP contribution is -2.67. The Kier molecular flexibility index (Phi) is 13.7. The van der Waals surface area contributed by atoms with Gasteiger partial charge in [-0.1, -0.05) is 0 Å². The molecular formula is C29H50O22. The van der Waals surface area contributed by atoms with Crippen molar-refractivity contribution in [1.82, 2.24) is 0 Å². The molecule has 0 aromatic rings. The van der Waals surface area contributed by atoms with Gasteiger partial charge in [-0.2, -0.15) is 0 Å². The predicted molar refractivity (Wildman–Crippen MR) is 156 cm³/mol. The van der Waals surface area contributed by atoms with Crippen molar-refractivity contribution in [1.29, 1.82) is 0 Å². The van der Waals surface area contributed by atoms with Gasteiger partial charge < -0.3 is 109 Å². The summed E-state index contributed by atoms with van der Waals surface area (Å²) in [5.41, 5.74) is 0. The summed E-state index contributed by atoms with van der Waals surface area (Å²) in [4.78, 5) is 0. The fourth-order valence-corrected chi connectivity index (χ4v) is 6.51. The summed E-state index contributed by atoms with van der Waals surface area (Å²) in [6.45, 7) is 2.70. The van der Waals surface area contributed by atoms with Crippen molar-refractivity contribution in [2.75, 3.05) is 13.2 Å². The topological polar surface area (TPSA) is 346 Å². The molecule has 5 heterocycles. The quantitative estimate of drug-likeness (QED) is 0.104. The van der Waals surface area contributed by atoms with Crippen LogP contribution in [0.2, 0.25) is 0 Å². The van der Waals surface area contributed by atoms with Crippen LogP contribution in [0.1, 0.15) is 20.8 Å². The van der Waals surface area contributed by atoms with Crippen molar-refractivity contribution < 1.29 is 109 Å². The first-order chi connectivity index (χ1) is 24.0.